The third-order valence-corrected chi connectivity index (χ3v) is 5.07. The van der Waals surface area contributed by atoms with Crippen LogP contribution in [0.5, 0.6) is 0 Å². The Morgan fingerprint density at radius 1 is 1.47 bits per heavy atom. The van der Waals surface area contributed by atoms with Crippen LogP contribution >= 0.6 is 31.9 Å². The molecule has 1 heterocycles. The summed E-state index contributed by atoms with van der Waals surface area (Å²) >= 11 is 6.86. The molecule has 0 aromatic heterocycles. The van der Waals surface area contributed by atoms with Crippen LogP contribution in [-0.2, 0) is 4.74 Å². The summed E-state index contributed by atoms with van der Waals surface area (Å²) in [6.07, 6.45) is 2.02. The van der Waals surface area contributed by atoms with Gasteiger partial charge in [-0.3, -0.25) is 0 Å². The first-order valence-electron chi connectivity index (χ1n) is 5.82. The molecule has 1 aromatic rings. The van der Waals surface area contributed by atoms with Gasteiger partial charge in [-0.1, -0.05) is 35.3 Å². The molecule has 1 aliphatic heterocycles. The van der Waals surface area contributed by atoms with Gasteiger partial charge in [-0.2, -0.15) is 0 Å². The van der Waals surface area contributed by atoms with Crippen LogP contribution in [0.2, 0.25) is 0 Å². The molecule has 1 fully saturated rings. The van der Waals surface area contributed by atoms with Gasteiger partial charge < -0.3 is 4.74 Å². The molecule has 0 radical (unpaired) electrons. The van der Waals surface area contributed by atoms with Crippen LogP contribution in [0.4, 0.5) is 4.39 Å². The molecule has 1 aliphatic rings. The zero-order valence-corrected chi connectivity index (χ0v) is 12.8. The van der Waals surface area contributed by atoms with E-state index in [1.807, 2.05) is 6.07 Å². The van der Waals surface area contributed by atoms with Crippen LogP contribution in [0, 0.1) is 11.7 Å². The van der Waals surface area contributed by atoms with Gasteiger partial charge in [-0.15, -0.1) is 0 Å². The van der Waals surface area contributed by atoms with Gasteiger partial charge in [0.2, 0.25) is 0 Å². The molecule has 0 amide bonds. The lowest BCUT2D eigenvalue weighted by Gasteiger charge is -2.33. The lowest BCUT2D eigenvalue weighted by atomic mass is 9.93. The van der Waals surface area contributed by atoms with Gasteiger partial charge in [-0.05, 0) is 46.0 Å². The zero-order chi connectivity index (χ0) is 12.4. The fourth-order valence-corrected chi connectivity index (χ4v) is 3.24. The SMILES string of the molecule is CC[C@@H]1CO[C@@H](c2ccc(Br)c(F)c2)C[C@@H]1Br. The van der Waals surface area contributed by atoms with Crippen LogP contribution < -0.4 is 0 Å². The quantitative estimate of drug-likeness (QED) is 0.681. The molecule has 1 saturated heterocycles. The number of hydrogen-bond donors (Lipinski definition) is 0. The van der Waals surface area contributed by atoms with Gasteiger partial charge in [0.05, 0.1) is 17.2 Å². The first-order valence-corrected chi connectivity index (χ1v) is 7.53. The molecule has 2 rings (SSSR count). The van der Waals surface area contributed by atoms with E-state index in [1.54, 1.807) is 12.1 Å². The largest absolute Gasteiger partial charge is 0.373 e. The van der Waals surface area contributed by atoms with Crippen molar-refractivity contribution < 1.29 is 9.13 Å². The predicted octanol–water partition coefficient (Wildman–Crippen LogP) is 4.84. The second-order valence-corrected chi connectivity index (χ2v) is 6.45. The van der Waals surface area contributed by atoms with E-state index >= 15 is 0 Å². The van der Waals surface area contributed by atoms with E-state index < -0.39 is 0 Å². The highest BCUT2D eigenvalue weighted by atomic mass is 79.9. The number of ether oxygens (including phenoxy) is 1. The zero-order valence-electron chi connectivity index (χ0n) is 9.63. The van der Waals surface area contributed by atoms with Crippen LogP contribution in [0.3, 0.4) is 0 Å². The van der Waals surface area contributed by atoms with Crippen molar-refractivity contribution >= 4 is 31.9 Å². The number of rotatable bonds is 2. The maximum Gasteiger partial charge on any atom is 0.137 e. The van der Waals surface area contributed by atoms with Crippen molar-refractivity contribution in [3.63, 3.8) is 0 Å². The Hall–Kier alpha value is 0.0700. The Kier molecular flexibility index (Phi) is 4.61. The average Bonchev–Trinajstić information content (AvgIpc) is 2.32. The van der Waals surface area contributed by atoms with E-state index in [0.29, 0.717) is 15.2 Å². The van der Waals surface area contributed by atoms with E-state index in [4.69, 9.17) is 4.74 Å². The van der Waals surface area contributed by atoms with E-state index in [0.717, 1.165) is 25.0 Å². The fourth-order valence-electron chi connectivity index (χ4n) is 2.13. The minimum absolute atomic E-state index is 0.00442. The van der Waals surface area contributed by atoms with Gasteiger partial charge in [0.25, 0.3) is 0 Å². The molecule has 3 atom stereocenters. The summed E-state index contributed by atoms with van der Waals surface area (Å²) in [7, 11) is 0. The van der Waals surface area contributed by atoms with E-state index in [2.05, 4.69) is 38.8 Å². The van der Waals surface area contributed by atoms with Gasteiger partial charge >= 0.3 is 0 Å². The summed E-state index contributed by atoms with van der Waals surface area (Å²) in [6.45, 7) is 2.91. The fraction of sp³-hybridized carbons (Fsp3) is 0.538. The third-order valence-electron chi connectivity index (χ3n) is 3.30. The van der Waals surface area contributed by atoms with Crippen molar-refractivity contribution in [2.24, 2.45) is 5.92 Å². The Balaban J connectivity index is 2.11. The topological polar surface area (TPSA) is 9.23 Å². The highest BCUT2D eigenvalue weighted by Crippen LogP contribution is 2.36. The van der Waals surface area contributed by atoms with Crippen molar-refractivity contribution in [3.05, 3.63) is 34.1 Å². The summed E-state index contributed by atoms with van der Waals surface area (Å²) < 4.78 is 19.8. The van der Waals surface area contributed by atoms with Crippen molar-refractivity contribution in [3.8, 4) is 0 Å². The highest BCUT2D eigenvalue weighted by molar-refractivity contribution is 9.10. The molecule has 0 saturated carbocycles. The van der Waals surface area contributed by atoms with Crippen molar-refractivity contribution in [1.29, 1.82) is 0 Å². The Bertz CT molecular complexity index is 397. The number of halogens is 3. The molecule has 1 nitrogen and oxygen atoms in total. The third kappa shape index (κ3) is 3.09. The lowest BCUT2D eigenvalue weighted by Crippen LogP contribution is -2.29. The van der Waals surface area contributed by atoms with Crippen LogP contribution in [0.1, 0.15) is 31.4 Å². The summed E-state index contributed by atoms with van der Waals surface area (Å²) in [5.74, 6) is 0.335. The van der Waals surface area contributed by atoms with Gasteiger partial charge in [0.1, 0.15) is 5.82 Å². The summed E-state index contributed by atoms with van der Waals surface area (Å²) in [5.41, 5.74) is 0.921. The molecule has 17 heavy (non-hydrogen) atoms. The van der Waals surface area contributed by atoms with E-state index in [9.17, 15) is 4.39 Å². The number of hydrogen-bond acceptors (Lipinski definition) is 1. The molecule has 94 valence electrons. The molecule has 0 N–H and O–H groups in total. The molecule has 0 unspecified atom stereocenters. The number of benzene rings is 1. The summed E-state index contributed by atoms with van der Waals surface area (Å²) in [6, 6.07) is 5.22. The summed E-state index contributed by atoms with van der Waals surface area (Å²) in [5, 5.41) is 0. The van der Waals surface area contributed by atoms with E-state index in [-0.39, 0.29) is 11.9 Å². The first-order chi connectivity index (χ1) is 8.11. The Labute approximate surface area is 118 Å². The highest BCUT2D eigenvalue weighted by Gasteiger charge is 2.29. The van der Waals surface area contributed by atoms with Gasteiger partial charge in [0.15, 0.2) is 0 Å². The molecule has 4 heteroatoms. The molecule has 0 bridgehead atoms. The smallest absolute Gasteiger partial charge is 0.137 e. The van der Waals surface area contributed by atoms with E-state index in [1.165, 1.54) is 0 Å². The van der Waals surface area contributed by atoms with Crippen LogP contribution in [0.25, 0.3) is 0 Å². The maximum absolute atomic E-state index is 13.5. The van der Waals surface area contributed by atoms with Crippen molar-refractivity contribution in [1.82, 2.24) is 0 Å². The Morgan fingerprint density at radius 3 is 2.82 bits per heavy atom. The molecule has 0 aliphatic carbocycles. The molecular weight excluding hydrogens is 351 g/mol. The molecular formula is C13H15Br2FO. The average molecular weight is 366 g/mol. The predicted molar refractivity (Wildman–Crippen MR) is 73.9 cm³/mol. The van der Waals surface area contributed by atoms with Gasteiger partial charge in [-0.25, -0.2) is 4.39 Å². The first kappa shape index (κ1) is 13.5. The van der Waals surface area contributed by atoms with Crippen molar-refractivity contribution in [2.75, 3.05) is 6.61 Å². The van der Waals surface area contributed by atoms with Crippen molar-refractivity contribution in [2.45, 2.75) is 30.7 Å². The second-order valence-electron chi connectivity index (χ2n) is 4.42. The van der Waals surface area contributed by atoms with Crippen LogP contribution in [-0.4, -0.2) is 11.4 Å². The number of alkyl halides is 1. The minimum Gasteiger partial charge on any atom is -0.373 e. The second kappa shape index (κ2) is 5.81. The monoisotopic (exact) mass is 364 g/mol. The Morgan fingerprint density at radius 2 is 2.24 bits per heavy atom. The standard InChI is InChI=1S/C13H15Br2FO/c1-2-8-7-17-13(6-11(8)15)9-3-4-10(14)12(16)5-9/h3-5,8,11,13H,2,6-7H2,1H3/t8-,11+,13-/m1/s1. The summed E-state index contributed by atoms with van der Waals surface area (Å²) in [4.78, 5) is 0.456. The van der Waals surface area contributed by atoms with Crippen LogP contribution in [0.15, 0.2) is 22.7 Å². The maximum atomic E-state index is 13.5. The lowest BCUT2D eigenvalue weighted by molar-refractivity contribution is -0.0133. The van der Waals surface area contributed by atoms with Gasteiger partial charge in [0, 0.05) is 4.83 Å². The molecule has 0 spiro atoms. The minimum atomic E-state index is -0.227. The molecule has 1 aromatic carbocycles. The normalized spacial score (nSPS) is 29.3.